The quantitative estimate of drug-likeness (QED) is 0.124. The van der Waals surface area contributed by atoms with Crippen LogP contribution in [-0.2, 0) is 49.6 Å². The van der Waals surface area contributed by atoms with Gasteiger partial charge in [0.15, 0.2) is 0 Å². The van der Waals surface area contributed by atoms with E-state index in [9.17, 15) is 63.6 Å². The van der Waals surface area contributed by atoms with Gasteiger partial charge in [-0.05, 0) is 23.6 Å². The van der Waals surface area contributed by atoms with Gasteiger partial charge in [0.05, 0.1) is 48.9 Å². The number of phenols is 1. The Labute approximate surface area is 364 Å². The zero-order valence-corrected chi connectivity index (χ0v) is 35.6. The average Bonchev–Trinajstić information content (AvgIpc) is 3.80. The summed E-state index contributed by atoms with van der Waals surface area (Å²) in [6.07, 6.45) is -4.01. The number of hydrogen-bond acceptors (Lipinski definition) is 14. The summed E-state index contributed by atoms with van der Waals surface area (Å²) in [5, 5.41) is 59.9. The highest BCUT2D eigenvalue weighted by atomic mass is 32.2. The van der Waals surface area contributed by atoms with Crippen LogP contribution in [0.5, 0.6) is 5.75 Å². The average molecular weight is 903 g/mol. The third kappa shape index (κ3) is 11.7. The summed E-state index contributed by atoms with van der Waals surface area (Å²) >= 11 is 0.949. The lowest BCUT2D eigenvalue weighted by Gasteiger charge is -2.32. The first kappa shape index (κ1) is 48.1. The molecule has 23 nitrogen and oxygen atoms in total. The van der Waals surface area contributed by atoms with E-state index in [4.69, 9.17) is 5.73 Å². The van der Waals surface area contributed by atoms with E-state index >= 15 is 0 Å². The molecule has 2 bridgehead atoms. The van der Waals surface area contributed by atoms with Crippen LogP contribution in [-0.4, -0.2) is 164 Å². The SMILES string of the molecule is CC[C@H](C)[C@@H]1NC(=O)CNC(=O)C2Cc3c([nH]c4cc(O)ccc34)SCC(NC(=O)CNC1=O)C(=O)N[C@@H](CC(N)=O)C(=O)N1CC(O)C[C@H]1C(=O)N[C@@H]([C@@H](C)[C@@H](O)CO)C(=O)N2. The van der Waals surface area contributed by atoms with Crippen molar-refractivity contribution in [2.45, 2.75) is 99.9 Å². The minimum Gasteiger partial charge on any atom is -0.508 e. The summed E-state index contributed by atoms with van der Waals surface area (Å²) in [6, 6.07) is -5.00. The third-order valence-electron chi connectivity index (χ3n) is 11.4. The van der Waals surface area contributed by atoms with Gasteiger partial charge in [-0.25, -0.2) is 0 Å². The fourth-order valence-corrected chi connectivity index (χ4v) is 8.68. The van der Waals surface area contributed by atoms with Gasteiger partial charge in [-0.1, -0.05) is 27.2 Å². The molecular weight excluding hydrogens is 849 g/mol. The predicted octanol–water partition coefficient (Wildman–Crippen LogP) is -4.94. The van der Waals surface area contributed by atoms with E-state index in [1.807, 2.05) is 0 Å². The van der Waals surface area contributed by atoms with E-state index in [-0.39, 0.29) is 29.4 Å². The van der Waals surface area contributed by atoms with E-state index in [0.717, 1.165) is 16.7 Å². The number of carbonyl (C=O) groups is 9. The number of fused-ring (bicyclic) bond motifs is 5. The zero-order valence-electron chi connectivity index (χ0n) is 34.8. The summed E-state index contributed by atoms with van der Waals surface area (Å²) in [6.45, 7) is 2.08. The van der Waals surface area contributed by atoms with Gasteiger partial charge in [0.25, 0.3) is 0 Å². The highest BCUT2D eigenvalue weighted by Crippen LogP contribution is 2.33. The molecule has 1 saturated heterocycles. The van der Waals surface area contributed by atoms with Crippen molar-refractivity contribution >= 4 is 75.8 Å². The van der Waals surface area contributed by atoms with Crippen molar-refractivity contribution in [1.29, 1.82) is 0 Å². The molecule has 344 valence electrons. The molecule has 14 N–H and O–H groups in total. The number of amides is 9. The van der Waals surface area contributed by atoms with Crippen molar-refractivity contribution in [3.63, 3.8) is 0 Å². The molecule has 3 aliphatic rings. The summed E-state index contributed by atoms with van der Waals surface area (Å²) in [7, 11) is 0. The molecule has 3 unspecified atom stereocenters. The Morgan fingerprint density at radius 3 is 2.22 bits per heavy atom. The molecule has 63 heavy (non-hydrogen) atoms. The fraction of sp³-hybridized carbons (Fsp3) is 0.564. The van der Waals surface area contributed by atoms with E-state index in [0.29, 0.717) is 22.9 Å². The Morgan fingerprint density at radius 1 is 0.873 bits per heavy atom. The molecule has 10 atom stereocenters. The second-order valence-electron chi connectivity index (χ2n) is 15.9. The second kappa shape index (κ2) is 20.9. The third-order valence-corrected chi connectivity index (χ3v) is 12.5. The number of carbonyl (C=O) groups excluding carboxylic acids is 9. The second-order valence-corrected chi connectivity index (χ2v) is 17.0. The molecule has 1 aromatic heterocycles. The molecule has 2 aromatic rings. The van der Waals surface area contributed by atoms with Crippen LogP contribution in [0, 0.1) is 11.8 Å². The predicted molar refractivity (Wildman–Crippen MR) is 222 cm³/mol. The van der Waals surface area contributed by atoms with Crippen molar-refractivity contribution in [3.05, 3.63) is 23.8 Å². The normalized spacial score (nSPS) is 27.6. The smallest absolute Gasteiger partial charge is 0.246 e. The van der Waals surface area contributed by atoms with Crippen LogP contribution in [0.25, 0.3) is 10.9 Å². The minimum absolute atomic E-state index is 0.146. The summed E-state index contributed by atoms with van der Waals surface area (Å²) in [4.78, 5) is 128. The summed E-state index contributed by atoms with van der Waals surface area (Å²) in [5.74, 6) is -10.7. The van der Waals surface area contributed by atoms with Gasteiger partial charge in [-0.2, -0.15) is 0 Å². The molecule has 0 spiro atoms. The molecule has 0 radical (unpaired) electrons. The number of benzene rings is 1. The summed E-state index contributed by atoms with van der Waals surface area (Å²) in [5.41, 5.74) is 6.19. The molecule has 3 aliphatic heterocycles. The lowest BCUT2D eigenvalue weighted by molar-refractivity contribution is -0.144. The number of primary amides is 1. The van der Waals surface area contributed by atoms with Crippen LogP contribution in [0.1, 0.15) is 45.6 Å². The van der Waals surface area contributed by atoms with Crippen molar-refractivity contribution in [2.24, 2.45) is 17.6 Å². The van der Waals surface area contributed by atoms with E-state index in [2.05, 4.69) is 42.2 Å². The number of aliphatic hydroxyl groups excluding tert-OH is 3. The largest absolute Gasteiger partial charge is 0.508 e. The Balaban J connectivity index is 1.70. The van der Waals surface area contributed by atoms with Gasteiger partial charge in [-0.3, -0.25) is 43.2 Å². The molecule has 0 aliphatic carbocycles. The molecule has 0 saturated carbocycles. The zero-order chi connectivity index (χ0) is 46.3. The number of nitrogens with two attached hydrogens (primary N) is 1. The first-order valence-corrected chi connectivity index (χ1v) is 21.4. The summed E-state index contributed by atoms with van der Waals surface area (Å²) < 4.78 is 0. The topological polar surface area (TPSA) is 364 Å². The standard InChI is InChI=1S/C39H54N10O13S/c1-4-16(2)31-36(60)42-11-29(55)43-25-15-63-38-21(20-6-5-18(51)7-22(20)46-38)9-23(33(57)41-12-30(56)47-31)44-37(61)32(17(3)27(53)14-50)48-35(59)26-8-19(52)13-49(26)39(62)24(10-28(40)54)45-34(25)58/h5-7,16-17,19,23-27,31-32,46,50-53H,4,8-15H2,1-3H3,(H2,40,54)(H,41,57)(H,42,60)(H,43,55)(H,44,61)(H,45,58)(H,47,56)(H,48,59)/t16-,17-,19?,23?,24-,25?,26-,27-,31-,32-/m0/s1. The first-order valence-electron chi connectivity index (χ1n) is 20.4. The highest BCUT2D eigenvalue weighted by molar-refractivity contribution is 7.99. The monoisotopic (exact) mass is 902 g/mol. The lowest BCUT2D eigenvalue weighted by atomic mass is 9.93. The fourth-order valence-electron chi connectivity index (χ4n) is 7.56. The van der Waals surface area contributed by atoms with E-state index in [1.54, 1.807) is 13.8 Å². The van der Waals surface area contributed by atoms with Crippen molar-refractivity contribution in [1.82, 2.24) is 47.1 Å². The number of aromatic hydroxyl groups is 1. The maximum atomic E-state index is 14.4. The molecule has 1 fully saturated rings. The number of phenolic OH excluding ortho intramolecular Hbond substituents is 1. The van der Waals surface area contributed by atoms with Crippen LogP contribution < -0.4 is 43.0 Å². The number of H-pyrrole nitrogens is 1. The molecule has 9 amide bonds. The number of thioether (sulfide) groups is 1. The lowest BCUT2D eigenvalue weighted by Crippen LogP contribution is -2.62. The highest BCUT2D eigenvalue weighted by Gasteiger charge is 2.45. The Kier molecular flexibility index (Phi) is 16.0. The maximum Gasteiger partial charge on any atom is 0.246 e. The van der Waals surface area contributed by atoms with Gasteiger partial charge < -0.3 is 73.3 Å². The molecular formula is C39H54N10O13S. The number of nitrogens with zero attached hydrogens (tertiary/aromatic N) is 1. The number of aliphatic hydroxyl groups is 3. The van der Waals surface area contributed by atoms with E-state index < -0.39 is 146 Å². The van der Waals surface area contributed by atoms with Crippen molar-refractivity contribution < 1.29 is 63.6 Å². The Bertz CT molecular complexity index is 2120. The van der Waals surface area contributed by atoms with Gasteiger partial charge in [-0.15, -0.1) is 11.8 Å². The van der Waals surface area contributed by atoms with Crippen LogP contribution in [0.15, 0.2) is 23.2 Å². The van der Waals surface area contributed by atoms with Crippen molar-refractivity contribution in [3.8, 4) is 5.75 Å². The van der Waals surface area contributed by atoms with Crippen LogP contribution in [0.4, 0.5) is 0 Å². The molecule has 4 heterocycles. The van der Waals surface area contributed by atoms with Gasteiger partial charge >= 0.3 is 0 Å². The van der Waals surface area contributed by atoms with Gasteiger partial charge in [0.2, 0.25) is 53.2 Å². The number of aromatic nitrogens is 1. The van der Waals surface area contributed by atoms with Crippen molar-refractivity contribution in [2.75, 3.05) is 32.0 Å². The first-order chi connectivity index (χ1) is 29.8. The number of aromatic amines is 1. The van der Waals surface area contributed by atoms with E-state index in [1.165, 1.54) is 25.1 Å². The molecule has 1 aromatic carbocycles. The van der Waals surface area contributed by atoms with Gasteiger partial charge in [0, 0.05) is 42.5 Å². The van der Waals surface area contributed by atoms with Crippen LogP contribution in [0.3, 0.4) is 0 Å². The maximum absolute atomic E-state index is 14.4. The Hall–Kier alpha value is -5.98. The number of nitrogens with one attached hydrogen (secondary N) is 8. The van der Waals surface area contributed by atoms with Crippen LogP contribution in [0.2, 0.25) is 0 Å². The minimum atomic E-state index is -1.75. The number of hydrogen-bond donors (Lipinski definition) is 13. The molecule has 5 rings (SSSR count). The van der Waals surface area contributed by atoms with Gasteiger partial charge in [0.1, 0.15) is 42.0 Å². The van der Waals surface area contributed by atoms with Crippen LogP contribution >= 0.6 is 11.8 Å². The number of rotatable bonds is 7. The molecule has 24 heteroatoms. The Morgan fingerprint density at radius 2 is 1.56 bits per heavy atom.